The van der Waals surface area contributed by atoms with Gasteiger partial charge in [-0.3, -0.25) is 4.79 Å². The number of rotatable bonds is 3. The maximum absolute atomic E-state index is 12.3. The average Bonchev–Trinajstić information content (AvgIpc) is 2.85. The lowest BCUT2D eigenvalue weighted by atomic mass is 10.0. The summed E-state index contributed by atoms with van der Waals surface area (Å²) < 4.78 is 1.31. The number of phenolic OH excluding ortho intramolecular Hbond substituents is 2. The second kappa shape index (κ2) is 5.34. The van der Waals surface area contributed by atoms with Crippen LogP contribution in [0.5, 0.6) is 11.5 Å². The summed E-state index contributed by atoms with van der Waals surface area (Å²) in [6.45, 7) is 1.65. The highest BCUT2D eigenvalue weighted by Gasteiger charge is 2.31. The summed E-state index contributed by atoms with van der Waals surface area (Å²) in [5, 5.41) is 41.8. The van der Waals surface area contributed by atoms with Crippen LogP contribution in [0.25, 0.3) is 0 Å². The minimum atomic E-state index is -1.34. The summed E-state index contributed by atoms with van der Waals surface area (Å²) in [6.07, 6.45) is -1.61. The standard InChI is InChI=1S/C13H14N6O4/c1-6-15-16-13-18(14)12(23)9(17-19(6)13)5-11(22)8-3-2-7(20)4-10(8)21/h2-4,12,20-21,23H,5,14H2,1H3/t12-/m0/s1. The fourth-order valence-corrected chi connectivity index (χ4v) is 2.22. The number of hydrogen-bond donors (Lipinski definition) is 4. The maximum atomic E-state index is 12.3. The van der Waals surface area contributed by atoms with Gasteiger partial charge in [0.2, 0.25) is 0 Å². The van der Waals surface area contributed by atoms with Crippen LogP contribution in [-0.2, 0) is 0 Å². The highest BCUT2D eigenvalue weighted by molar-refractivity contribution is 6.12. The van der Waals surface area contributed by atoms with Crippen molar-refractivity contribution in [1.29, 1.82) is 0 Å². The molecule has 0 saturated carbocycles. The van der Waals surface area contributed by atoms with E-state index in [1.807, 2.05) is 0 Å². The SMILES string of the molecule is Cc1nnc2n1N=C(CC(=O)c1ccc(O)cc1O)[C@H](O)N2N. The van der Waals surface area contributed by atoms with Crippen molar-refractivity contribution in [2.45, 2.75) is 19.6 Å². The fraction of sp³-hybridized carbons (Fsp3) is 0.231. The first-order valence-electron chi connectivity index (χ1n) is 6.65. The zero-order valence-corrected chi connectivity index (χ0v) is 12.1. The van der Waals surface area contributed by atoms with Crippen LogP contribution < -0.4 is 10.9 Å². The Morgan fingerprint density at radius 1 is 1.35 bits per heavy atom. The maximum Gasteiger partial charge on any atom is 0.265 e. The Bertz CT molecular complexity index is 815. The summed E-state index contributed by atoms with van der Waals surface area (Å²) in [6, 6.07) is 3.63. The largest absolute Gasteiger partial charge is 0.508 e. The van der Waals surface area contributed by atoms with E-state index in [0.717, 1.165) is 11.1 Å². The smallest absolute Gasteiger partial charge is 0.265 e. The van der Waals surface area contributed by atoms with Crippen molar-refractivity contribution in [3.63, 3.8) is 0 Å². The van der Waals surface area contributed by atoms with Crippen LogP contribution in [-0.4, -0.2) is 47.9 Å². The first-order valence-corrected chi connectivity index (χ1v) is 6.65. The van der Waals surface area contributed by atoms with E-state index in [1.165, 1.54) is 16.8 Å². The van der Waals surface area contributed by atoms with Gasteiger partial charge < -0.3 is 15.3 Å². The average molecular weight is 318 g/mol. The Kier molecular flexibility index (Phi) is 3.47. The molecule has 1 aromatic heterocycles. The number of fused-ring (bicyclic) bond motifs is 1. The molecule has 10 nitrogen and oxygen atoms in total. The van der Waals surface area contributed by atoms with Gasteiger partial charge in [0.05, 0.1) is 17.7 Å². The van der Waals surface area contributed by atoms with Crippen molar-refractivity contribution in [3.8, 4) is 11.5 Å². The lowest BCUT2D eigenvalue weighted by molar-refractivity contribution is 0.0992. The monoisotopic (exact) mass is 318 g/mol. The van der Waals surface area contributed by atoms with Gasteiger partial charge in [0.15, 0.2) is 17.8 Å². The number of ketones is 1. The molecule has 3 rings (SSSR count). The molecule has 0 radical (unpaired) electrons. The summed E-state index contributed by atoms with van der Waals surface area (Å²) >= 11 is 0. The fourth-order valence-electron chi connectivity index (χ4n) is 2.22. The van der Waals surface area contributed by atoms with E-state index < -0.39 is 12.0 Å². The molecular formula is C13H14N6O4. The van der Waals surface area contributed by atoms with Crippen molar-refractivity contribution in [3.05, 3.63) is 29.6 Å². The van der Waals surface area contributed by atoms with Gasteiger partial charge in [-0.25, -0.2) is 10.9 Å². The third kappa shape index (κ3) is 2.49. The van der Waals surface area contributed by atoms with Gasteiger partial charge in [-0.1, -0.05) is 0 Å². The number of aromatic hydroxyl groups is 2. The highest BCUT2D eigenvalue weighted by atomic mass is 16.3. The van der Waals surface area contributed by atoms with Gasteiger partial charge >= 0.3 is 0 Å². The van der Waals surface area contributed by atoms with Gasteiger partial charge in [-0.15, -0.1) is 10.2 Å². The molecule has 10 heteroatoms. The van der Waals surface area contributed by atoms with Crippen molar-refractivity contribution >= 4 is 17.4 Å². The molecule has 23 heavy (non-hydrogen) atoms. The normalized spacial score (nSPS) is 16.9. The van der Waals surface area contributed by atoms with E-state index in [-0.39, 0.29) is 35.1 Å². The van der Waals surface area contributed by atoms with Gasteiger partial charge in [-0.2, -0.15) is 9.78 Å². The van der Waals surface area contributed by atoms with E-state index in [1.54, 1.807) is 6.92 Å². The first-order chi connectivity index (χ1) is 10.9. The van der Waals surface area contributed by atoms with Crippen molar-refractivity contribution in [1.82, 2.24) is 14.9 Å². The number of aliphatic hydroxyl groups excluding tert-OH is 1. The van der Waals surface area contributed by atoms with E-state index in [2.05, 4.69) is 15.3 Å². The molecular weight excluding hydrogens is 304 g/mol. The number of phenols is 2. The van der Waals surface area contributed by atoms with Gasteiger partial charge in [0, 0.05) is 6.07 Å². The van der Waals surface area contributed by atoms with Crippen molar-refractivity contribution < 1.29 is 20.1 Å². The van der Waals surface area contributed by atoms with E-state index in [9.17, 15) is 20.1 Å². The lowest BCUT2D eigenvalue weighted by Crippen LogP contribution is -2.50. The van der Waals surface area contributed by atoms with E-state index in [0.29, 0.717) is 5.82 Å². The molecule has 0 bridgehead atoms. The number of hydrogen-bond acceptors (Lipinski definition) is 9. The van der Waals surface area contributed by atoms with E-state index >= 15 is 0 Å². The second-order valence-electron chi connectivity index (χ2n) is 5.03. The highest BCUT2D eigenvalue weighted by Crippen LogP contribution is 2.25. The number of Topliss-reactive ketones (excluding diaryl/α,β-unsaturated/α-hetero) is 1. The zero-order chi connectivity index (χ0) is 16.7. The quantitative estimate of drug-likeness (QED) is 0.436. The molecule has 1 aromatic carbocycles. The van der Waals surface area contributed by atoms with Crippen LogP contribution in [0.2, 0.25) is 0 Å². The number of aryl methyl sites for hydroxylation is 1. The molecule has 5 N–H and O–H groups in total. The number of aromatic nitrogens is 3. The Morgan fingerprint density at radius 3 is 2.78 bits per heavy atom. The number of nitrogens with zero attached hydrogens (tertiary/aromatic N) is 5. The first kappa shape index (κ1) is 14.9. The molecule has 2 heterocycles. The van der Waals surface area contributed by atoms with Gasteiger partial charge in [-0.05, 0) is 19.1 Å². The number of benzene rings is 1. The third-order valence-electron chi connectivity index (χ3n) is 3.42. The van der Waals surface area contributed by atoms with Crippen LogP contribution in [0.3, 0.4) is 0 Å². The topological polar surface area (TPSA) is 150 Å². The van der Waals surface area contributed by atoms with Crippen LogP contribution in [0.15, 0.2) is 23.3 Å². The Morgan fingerprint density at radius 2 is 2.09 bits per heavy atom. The molecule has 1 atom stereocenters. The number of anilines is 1. The molecule has 1 aliphatic heterocycles. The van der Waals surface area contributed by atoms with Crippen LogP contribution in [0.4, 0.5) is 5.95 Å². The van der Waals surface area contributed by atoms with Crippen molar-refractivity contribution in [2.24, 2.45) is 10.9 Å². The second-order valence-corrected chi connectivity index (χ2v) is 5.03. The van der Waals surface area contributed by atoms with Crippen LogP contribution in [0.1, 0.15) is 22.6 Å². The molecule has 0 spiro atoms. The number of hydrazine groups is 1. The molecule has 0 unspecified atom stereocenters. The predicted octanol–water partition coefficient (Wildman–Crippen LogP) is -0.513. The molecule has 0 fully saturated rings. The summed E-state index contributed by atoms with van der Waals surface area (Å²) in [5.74, 6) is 5.34. The minimum absolute atomic E-state index is 0.00699. The zero-order valence-electron chi connectivity index (χ0n) is 12.1. The number of carbonyl (C=O) groups is 1. The minimum Gasteiger partial charge on any atom is -0.508 e. The van der Waals surface area contributed by atoms with Crippen molar-refractivity contribution in [2.75, 3.05) is 5.01 Å². The van der Waals surface area contributed by atoms with Crippen LogP contribution in [0, 0.1) is 6.92 Å². The predicted molar refractivity (Wildman–Crippen MR) is 79.0 cm³/mol. The Balaban J connectivity index is 1.91. The molecule has 120 valence electrons. The summed E-state index contributed by atoms with van der Waals surface area (Å²) in [7, 11) is 0. The summed E-state index contributed by atoms with van der Waals surface area (Å²) in [5.41, 5.74) is 0.0907. The molecule has 2 aromatic rings. The molecule has 0 saturated heterocycles. The number of nitrogens with two attached hydrogens (primary N) is 1. The molecule has 0 aliphatic carbocycles. The third-order valence-corrected chi connectivity index (χ3v) is 3.42. The van der Waals surface area contributed by atoms with E-state index in [4.69, 9.17) is 5.84 Å². The lowest BCUT2D eigenvalue weighted by Gasteiger charge is -2.28. The van der Waals surface area contributed by atoms with Gasteiger partial charge in [0.1, 0.15) is 11.5 Å². The van der Waals surface area contributed by atoms with Crippen LogP contribution >= 0.6 is 0 Å². The Labute approximate surface area is 130 Å². The van der Waals surface area contributed by atoms with Gasteiger partial charge in [0.25, 0.3) is 5.95 Å². The molecule has 1 aliphatic rings. The number of carbonyl (C=O) groups excluding carboxylic acids is 1. The summed E-state index contributed by atoms with van der Waals surface area (Å²) in [4.78, 5) is 12.3. The Hall–Kier alpha value is -2.98. The molecule has 0 amide bonds. The number of aliphatic hydroxyl groups is 1.